The van der Waals surface area contributed by atoms with Crippen LogP contribution in [-0.4, -0.2) is 17.4 Å². The van der Waals surface area contributed by atoms with Crippen LogP contribution in [0.15, 0.2) is 30.3 Å². The summed E-state index contributed by atoms with van der Waals surface area (Å²) in [5, 5.41) is 3.97. The van der Waals surface area contributed by atoms with Gasteiger partial charge in [-0.15, -0.1) is 11.3 Å². The van der Waals surface area contributed by atoms with Crippen molar-refractivity contribution in [3.8, 4) is 0 Å². The van der Waals surface area contributed by atoms with E-state index in [1.807, 2.05) is 32.0 Å². The second kappa shape index (κ2) is 6.66. The molecule has 1 aromatic carbocycles. The number of rotatable bonds is 5. The highest BCUT2D eigenvalue weighted by atomic mass is 32.1. The number of aromatic nitrogens is 1. The topological polar surface area (TPSA) is 42.0 Å². The third-order valence-electron chi connectivity index (χ3n) is 3.38. The Morgan fingerprint density at radius 1 is 1.30 bits per heavy atom. The summed E-state index contributed by atoms with van der Waals surface area (Å²) in [5.41, 5.74) is 2.09. The molecule has 0 saturated heterocycles. The fraction of sp³-hybridized carbons (Fsp3) is 0.375. The van der Waals surface area contributed by atoms with Crippen LogP contribution < -0.4 is 5.32 Å². The smallest absolute Gasteiger partial charge is 0.263 e. The number of benzene rings is 1. The Morgan fingerprint density at radius 3 is 2.55 bits per heavy atom. The Hall–Kier alpha value is -1.68. The largest absolute Gasteiger partial charge is 0.351 e. The third kappa shape index (κ3) is 3.45. The van der Waals surface area contributed by atoms with Gasteiger partial charge in [0.2, 0.25) is 0 Å². The monoisotopic (exact) mass is 288 g/mol. The molecule has 0 aliphatic heterocycles. The summed E-state index contributed by atoms with van der Waals surface area (Å²) >= 11 is 1.45. The summed E-state index contributed by atoms with van der Waals surface area (Å²) < 4.78 is 0. The highest BCUT2D eigenvalue weighted by Crippen LogP contribution is 2.20. The number of aryl methyl sites for hydroxylation is 2. The molecule has 1 aromatic heterocycles. The van der Waals surface area contributed by atoms with E-state index in [2.05, 4.69) is 29.4 Å². The summed E-state index contributed by atoms with van der Waals surface area (Å²) in [6.45, 7) is 6.61. The SMILES string of the molecule is CC[C@@H](CNC(=O)c1sc(C)nc1C)c1ccccc1. The molecular formula is C16H20N2OS. The van der Waals surface area contributed by atoms with Crippen LogP contribution in [0.2, 0.25) is 0 Å². The number of hydrogen-bond acceptors (Lipinski definition) is 3. The van der Waals surface area contributed by atoms with Gasteiger partial charge >= 0.3 is 0 Å². The van der Waals surface area contributed by atoms with Gasteiger partial charge < -0.3 is 5.32 Å². The van der Waals surface area contributed by atoms with Crippen LogP contribution in [0.1, 0.15) is 45.2 Å². The number of amides is 1. The van der Waals surface area contributed by atoms with Crippen molar-refractivity contribution in [1.29, 1.82) is 0 Å². The molecule has 4 heteroatoms. The first-order valence-electron chi connectivity index (χ1n) is 6.89. The van der Waals surface area contributed by atoms with E-state index < -0.39 is 0 Å². The van der Waals surface area contributed by atoms with Gasteiger partial charge in [0, 0.05) is 12.5 Å². The number of hydrogen-bond donors (Lipinski definition) is 1. The number of thiazole rings is 1. The lowest BCUT2D eigenvalue weighted by Crippen LogP contribution is -2.28. The lowest BCUT2D eigenvalue weighted by molar-refractivity contribution is 0.0954. The first-order valence-corrected chi connectivity index (χ1v) is 7.70. The molecule has 1 heterocycles. The van der Waals surface area contributed by atoms with Crippen molar-refractivity contribution in [2.75, 3.05) is 6.54 Å². The van der Waals surface area contributed by atoms with E-state index in [0.717, 1.165) is 22.0 Å². The second-order valence-electron chi connectivity index (χ2n) is 4.87. The molecule has 0 aliphatic rings. The van der Waals surface area contributed by atoms with E-state index in [-0.39, 0.29) is 5.91 Å². The summed E-state index contributed by atoms with van der Waals surface area (Å²) in [4.78, 5) is 17.2. The maximum absolute atomic E-state index is 12.2. The van der Waals surface area contributed by atoms with E-state index in [9.17, 15) is 4.79 Å². The van der Waals surface area contributed by atoms with Gasteiger partial charge in [0.25, 0.3) is 5.91 Å². The van der Waals surface area contributed by atoms with Gasteiger partial charge in [-0.3, -0.25) is 4.79 Å². The average molecular weight is 288 g/mol. The minimum atomic E-state index is -0.0116. The molecule has 1 N–H and O–H groups in total. The quantitative estimate of drug-likeness (QED) is 0.912. The van der Waals surface area contributed by atoms with Crippen molar-refractivity contribution >= 4 is 17.2 Å². The molecule has 1 atom stereocenters. The standard InChI is InChI=1S/C16H20N2OS/c1-4-13(14-8-6-5-7-9-14)10-17-16(19)15-11(2)18-12(3)20-15/h5-9,13H,4,10H2,1-3H3,(H,17,19)/t13-/m0/s1. The fourth-order valence-electron chi connectivity index (χ4n) is 2.26. The average Bonchev–Trinajstić information content (AvgIpc) is 2.79. The minimum Gasteiger partial charge on any atom is -0.351 e. The van der Waals surface area contributed by atoms with Crippen molar-refractivity contribution in [3.63, 3.8) is 0 Å². The predicted molar refractivity (Wildman–Crippen MR) is 83.4 cm³/mol. The van der Waals surface area contributed by atoms with Gasteiger partial charge in [-0.25, -0.2) is 4.98 Å². The highest BCUT2D eigenvalue weighted by molar-refractivity contribution is 7.13. The van der Waals surface area contributed by atoms with E-state index in [4.69, 9.17) is 0 Å². The first kappa shape index (κ1) is 14.7. The van der Waals surface area contributed by atoms with Gasteiger partial charge in [0.1, 0.15) is 4.88 Å². The summed E-state index contributed by atoms with van der Waals surface area (Å²) in [6.07, 6.45) is 1.00. The van der Waals surface area contributed by atoms with E-state index in [1.165, 1.54) is 16.9 Å². The normalized spacial score (nSPS) is 12.2. The number of carbonyl (C=O) groups excluding carboxylic acids is 1. The van der Waals surface area contributed by atoms with Crippen LogP contribution in [0.3, 0.4) is 0 Å². The van der Waals surface area contributed by atoms with E-state index in [1.54, 1.807) is 0 Å². The zero-order valence-electron chi connectivity index (χ0n) is 12.1. The number of nitrogens with one attached hydrogen (secondary N) is 1. The molecule has 0 radical (unpaired) electrons. The molecule has 2 rings (SSSR count). The molecular weight excluding hydrogens is 268 g/mol. The summed E-state index contributed by atoms with van der Waals surface area (Å²) in [5.74, 6) is 0.344. The second-order valence-corrected chi connectivity index (χ2v) is 6.08. The van der Waals surface area contributed by atoms with E-state index >= 15 is 0 Å². The van der Waals surface area contributed by atoms with Gasteiger partial charge in [0.05, 0.1) is 10.7 Å². The van der Waals surface area contributed by atoms with Crippen LogP contribution >= 0.6 is 11.3 Å². The molecule has 0 bridgehead atoms. The predicted octanol–water partition coefficient (Wildman–Crippen LogP) is 3.68. The first-order chi connectivity index (χ1) is 9.61. The minimum absolute atomic E-state index is 0.0116. The van der Waals surface area contributed by atoms with Crippen molar-refractivity contribution in [1.82, 2.24) is 10.3 Å². The zero-order valence-corrected chi connectivity index (χ0v) is 13.0. The van der Waals surface area contributed by atoms with Crippen LogP contribution in [0.25, 0.3) is 0 Å². The molecule has 1 amide bonds. The Labute approximate surface area is 124 Å². The molecule has 0 saturated carbocycles. The van der Waals surface area contributed by atoms with E-state index in [0.29, 0.717) is 12.5 Å². The molecule has 106 valence electrons. The number of nitrogens with zero attached hydrogens (tertiary/aromatic N) is 1. The Bertz CT molecular complexity index is 577. The number of carbonyl (C=O) groups is 1. The van der Waals surface area contributed by atoms with Crippen molar-refractivity contribution in [2.24, 2.45) is 0 Å². The Balaban J connectivity index is 2.00. The zero-order chi connectivity index (χ0) is 14.5. The maximum atomic E-state index is 12.2. The third-order valence-corrected chi connectivity index (χ3v) is 4.45. The van der Waals surface area contributed by atoms with Crippen molar-refractivity contribution < 1.29 is 4.79 Å². The maximum Gasteiger partial charge on any atom is 0.263 e. The Morgan fingerprint density at radius 2 is 2.00 bits per heavy atom. The van der Waals surface area contributed by atoms with Gasteiger partial charge in [-0.05, 0) is 25.8 Å². The molecule has 3 nitrogen and oxygen atoms in total. The van der Waals surface area contributed by atoms with Crippen LogP contribution in [0.5, 0.6) is 0 Å². The summed E-state index contributed by atoms with van der Waals surface area (Å²) in [6, 6.07) is 10.3. The van der Waals surface area contributed by atoms with Crippen molar-refractivity contribution in [2.45, 2.75) is 33.1 Å². The lowest BCUT2D eigenvalue weighted by Gasteiger charge is -2.15. The van der Waals surface area contributed by atoms with Crippen LogP contribution in [0, 0.1) is 13.8 Å². The van der Waals surface area contributed by atoms with Gasteiger partial charge in [0.15, 0.2) is 0 Å². The van der Waals surface area contributed by atoms with Crippen LogP contribution in [0.4, 0.5) is 0 Å². The lowest BCUT2D eigenvalue weighted by atomic mass is 9.96. The van der Waals surface area contributed by atoms with Crippen molar-refractivity contribution in [3.05, 3.63) is 51.5 Å². The molecule has 0 aliphatic carbocycles. The fourth-order valence-corrected chi connectivity index (χ4v) is 3.10. The molecule has 0 fully saturated rings. The molecule has 2 aromatic rings. The summed E-state index contributed by atoms with van der Waals surface area (Å²) in [7, 11) is 0. The van der Waals surface area contributed by atoms with Gasteiger partial charge in [-0.1, -0.05) is 37.3 Å². The van der Waals surface area contributed by atoms with Crippen LogP contribution in [-0.2, 0) is 0 Å². The van der Waals surface area contributed by atoms with Gasteiger partial charge in [-0.2, -0.15) is 0 Å². The highest BCUT2D eigenvalue weighted by Gasteiger charge is 2.15. The Kier molecular flexibility index (Phi) is 4.90. The molecule has 0 unspecified atom stereocenters. The molecule has 20 heavy (non-hydrogen) atoms. The molecule has 0 spiro atoms.